The van der Waals surface area contributed by atoms with Crippen LogP contribution < -0.4 is 16.0 Å². The van der Waals surface area contributed by atoms with Crippen LogP contribution in [-0.2, 0) is 31.0 Å². The van der Waals surface area contributed by atoms with E-state index in [4.69, 9.17) is 0 Å². The summed E-state index contributed by atoms with van der Waals surface area (Å²) in [5.41, 5.74) is 4.16. The molecule has 0 atom stereocenters. The molecule has 7 nitrogen and oxygen atoms in total. The molecule has 1 fully saturated rings. The summed E-state index contributed by atoms with van der Waals surface area (Å²) in [4.78, 5) is 24.6. The molecular weight excluding hydrogens is 354 g/mol. The number of nitrogens with one attached hydrogen (secondary N) is 3. The van der Waals surface area contributed by atoms with Crippen molar-refractivity contribution in [2.24, 2.45) is 0 Å². The fourth-order valence-corrected chi connectivity index (χ4v) is 3.98. The Morgan fingerprint density at radius 3 is 2.82 bits per heavy atom. The van der Waals surface area contributed by atoms with Crippen molar-refractivity contribution in [1.29, 1.82) is 0 Å². The lowest BCUT2D eigenvalue weighted by atomic mass is 9.95. The summed E-state index contributed by atoms with van der Waals surface area (Å²) in [6, 6.07) is 6.57. The predicted octanol–water partition coefficient (Wildman–Crippen LogP) is 1.87. The number of hydrogen-bond donors (Lipinski definition) is 3. The smallest absolute Gasteiger partial charge is 0.254 e. The monoisotopic (exact) mass is 381 g/mol. The summed E-state index contributed by atoms with van der Waals surface area (Å²) in [6.45, 7) is 2.41. The number of fused-ring (bicyclic) bond motifs is 1. The third kappa shape index (κ3) is 4.59. The normalized spacial score (nSPS) is 16.6. The molecule has 0 bridgehead atoms. The van der Waals surface area contributed by atoms with E-state index in [1.807, 2.05) is 6.07 Å². The van der Waals surface area contributed by atoms with Gasteiger partial charge in [-0.25, -0.2) is 0 Å². The van der Waals surface area contributed by atoms with Crippen molar-refractivity contribution in [3.8, 4) is 0 Å². The van der Waals surface area contributed by atoms with E-state index in [9.17, 15) is 9.59 Å². The van der Waals surface area contributed by atoms with Crippen LogP contribution in [0.4, 0.5) is 0 Å². The van der Waals surface area contributed by atoms with E-state index in [1.165, 1.54) is 41.3 Å². The maximum Gasteiger partial charge on any atom is 0.254 e. The molecule has 0 saturated heterocycles. The van der Waals surface area contributed by atoms with Crippen LogP contribution in [0.1, 0.15) is 59.2 Å². The van der Waals surface area contributed by atoms with Crippen LogP contribution in [0.2, 0.25) is 0 Å². The molecule has 148 valence electrons. The van der Waals surface area contributed by atoms with Crippen molar-refractivity contribution in [3.05, 3.63) is 52.8 Å². The number of amides is 2. The van der Waals surface area contributed by atoms with Gasteiger partial charge in [0.2, 0.25) is 5.91 Å². The Labute approximate surface area is 164 Å². The lowest BCUT2D eigenvalue weighted by molar-refractivity contribution is -0.122. The third-order valence-corrected chi connectivity index (χ3v) is 5.53. The average Bonchev–Trinajstić information content (AvgIpc) is 3.35. The summed E-state index contributed by atoms with van der Waals surface area (Å²) in [6.07, 6.45) is 8.86. The van der Waals surface area contributed by atoms with E-state index < -0.39 is 0 Å². The Morgan fingerprint density at radius 1 is 1.14 bits per heavy atom. The highest BCUT2D eigenvalue weighted by molar-refractivity contribution is 5.93. The van der Waals surface area contributed by atoms with Gasteiger partial charge in [0.1, 0.15) is 6.54 Å². The topological polar surface area (TPSA) is 88.1 Å². The van der Waals surface area contributed by atoms with Crippen LogP contribution in [0, 0.1) is 0 Å². The standard InChI is InChI=1S/C21H27N5O2/c27-20(25-19-4-2-1-3-5-19)14-26-13-18(12-24-26)21(28)23-9-15-6-7-16-10-22-11-17(16)8-15/h6-8,12-13,19,22H,1-5,9-11,14H2,(H,23,28)(H,25,27). The van der Waals surface area contributed by atoms with Crippen molar-refractivity contribution in [1.82, 2.24) is 25.7 Å². The minimum Gasteiger partial charge on any atom is -0.352 e. The van der Waals surface area contributed by atoms with Crippen molar-refractivity contribution < 1.29 is 9.59 Å². The maximum atomic E-state index is 12.4. The molecule has 2 aliphatic rings. The summed E-state index contributed by atoms with van der Waals surface area (Å²) >= 11 is 0. The minimum absolute atomic E-state index is 0.0475. The van der Waals surface area contributed by atoms with Gasteiger partial charge in [-0.2, -0.15) is 5.10 Å². The van der Waals surface area contributed by atoms with Gasteiger partial charge in [0.25, 0.3) is 5.91 Å². The highest BCUT2D eigenvalue weighted by Gasteiger charge is 2.17. The number of rotatable bonds is 6. The first kappa shape index (κ1) is 18.7. The van der Waals surface area contributed by atoms with Crippen LogP contribution in [0.15, 0.2) is 30.6 Å². The number of carbonyl (C=O) groups is 2. The first-order valence-corrected chi connectivity index (χ1v) is 10.1. The average molecular weight is 381 g/mol. The summed E-state index contributed by atoms with van der Waals surface area (Å²) in [5, 5.41) is 13.5. The molecule has 1 aliphatic carbocycles. The zero-order chi connectivity index (χ0) is 19.3. The van der Waals surface area contributed by atoms with Gasteiger partial charge in [-0.1, -0.05) is 37.5 Å². The van der Waals surface area contributed by atoms with E-state index in [0.29, 0.717) is 12.1 Å². The highest BCUT2D eigenvalue weighted by Crippen LogP contribution is 2.18. The molecule has 2 aromatic rings. The molecule has 2 amide bonds. The molecule has 28 heavy (non-hydrogen) atoms. The molecule has 3 N–H and O–H groups in total. The number of benzene rings is 1. The molecule has 2 heterocycles. The van der Waals surface area contributed by atoms with E-state index in [-0.39, 0.29) is 24.4 Å². The third-order valence-electron chi connectivity index (χ3n) is 5.53. The van der Waals surface area contributed by atoms with Crippen LogP contribution in [0.25, 0.3) is 0 Å². The van der Waals surface area contributed by atoms with Gasteiger partial charge in [-0.3, -0.25) is 14.3 Å². The Morgan fingerprint density at radius 2 is 1.96 bits per heavy atom. The molecule has 0 unspecified atom stereocenters. The van der Waals surface area contributed by atoms with Crippen molar-refractivity contribution in [3.63, 3.8) is 0 Å². The second-order valence-corrected chi connectivity index (χ2v) is 7.72. The van der Waals surface area contributed by atoms with Crippen LogP contribution in [0.5, 0.6) is 0 Å². The van der Waals surface area contributed by atoms with E-state index in [2.05, 4.69) is 33.2 Å². The van der Waals surface area contributed by atoms with Gasteiger partial charge in [-0.15, -0.1) is 0 Å². The van der Waals surface area contributed by atoms with Gasteiger partial charge in [-0.05, 0) is 29.5 Å². The quantitative estimate of drug-likeness (QED) is 0.713. The Bertz CT molecular complexity index is 854. The largest absolute Gasteiger partial charge is 0.352 e. The van der Waals surface area contributed by atoms with Crippen molar-refractivity contribution in [2.75, 3.05) is 0 Å². The molecule has 7 heteroatoms. The van der Waals surface area contributed by atoms with Gasteiger partial charge >= 0.3 is 0 Å². The molecule has 1 saturated carbocycles. The molecule has 1 aromatic heterocycles. The highest BCUT2D eigenvalue weighted by atomic mass is 16.2. The zero-order valence-electron chi connectivity index (χ0n) is 16.0. The Balaban J connectivity index is 1.27. The minimum atomic E-state index is -0.183. The number of hydrogen-bond acceptors (Lipinski definition) is 4. The zero-order valence-corrected chi connectivity index (χ0v) is 16.0. The van der Waals surface area contributed by atoms with E-state index in [1.54, 1.807) is 6.20 Å². The van der Waals surface area contributed by atoms with Gasteiger partial charge in [0, 0.05) is 31.9 Å². The molecule has 1 aliphatic heterocycles. The summed E-state index contributed by atoms with van der Waals surface area (Å²) < 4.78 is 1.52. The molecule has 0 radical (unpaired) electrons. The van der Waals surface area contributed by atoms with Crippen LogP contribution in [0.3, 0.4) is 0 Å². The van der Waals surface area contributed by atoms with Crippen LogP contribution in [-0.4, -0.2) is 27.6 Å². The lowest BCUT2D eigenvalue weighted by Gasteiger charge is -2.22. The molecule has 0 spiro atoms. The number of carbonyl (C=O) groups excluding carboxylic acids is 2. The summed E-state index contributed by atoms with van der Waals surface area (Å²) in [7, 11) is 0. The number of aromatic nitrogens is 2. The van der Waals surface area contributed by atoms with Crippen molar-refractivity contribution >= 4 is 11.8 Å². The second kappa shape index (κ2) is 8.56. The molecular formula is C21H27N5O2. The predicted molar refractivity (Wildman–Crippen MR) is 105 cm³/mol. The maximum absolute atomic E-state index is 12.4. The summed E-state index contributed by atoms with van der Waals surface area (Å²) in [5.74, 6) is -0.230. The van der Waals surface area contributed by atoms with Gasteiger partial charge in [0.05, 0.1) is 11.8 Å². The van der Waals surface area contributed by atoms with Gasteiger partial charge < -0.3 is 16.0 Å². The lowest BCUT2D eigenvalue weighted by Crippen LogP contribution is -2.38. The first-order valence-electron chi connectivity index (χ1n) is 10.1. The number of nitrogens with zero attached hydrogens (tertiary/aromatic N) is 2. The molecule has 1 aromatic carbocycles. The van der Waals surface area contributed by atoms with E-state index >= 15 is 0 Å². The first-order chi connectivity index (χ1) is 13.7. The van der Waals surface area contributed by atoms with E-state index in [0.717, 1.165) is 31.5 Å². The van der Waals surface area contributed by atoms with Crippen molar-refractivity contribution in [2.45, 2.75) is 64.3 Å². The molecule has 4 rings (SSSR count). The van der Waals surface area contributed by atoms with Gasteiger partial charge in [0.15, 0.2) is 0 Å². The SMILES string of the molecule is O=C(Cn1cc(C(=O)NCc2ccc3c(c2)CNC3)cn1)NC1CCCCC1. The fraction of sp³-hybridized carbons (Fsp3) is 0.476. The fourth-order valence-electron chi connectivity index (χ4n) is 3.98. The second-order valence-electron chi connectivity index (χ2n) is 7.72. The Hall–Kier alpha value is -2.67. The Kier molecular flexibility index (Phi) is 5.71. The van der Waals surface area contributed by atoms with Crippen LogP contribution >= 0.6 is 0 Å².